The quantitative estimate of drug-likeness (QED) is 0.0321. The minimum Gasteiger partial charge on any atom is -0.466 e. The van der Waals surface area contributed by atoms with Gasteiger partial charge in [0.25, 0.3) is 0 Å². The van der Waals surface area contributed by atoms with Crippen LogP contribution in [-0.2, 0) is 14.3 Å². The fraction of sp³-hybridized carbons (Fsp3) is 0.929. The Morgan fingerprint density at radius 3 is 1.15 bits per heavy atom. The predicted molar refractivity (Wildman–Crippen MR) is 269 cm³/mol. The zero-order valence-electron chi connectivity index (χ0n) is 41.9. The third-order valence-electron chi connectivity index (χ3n) is 13.1. The van der Waals surface area contributed by atoms with Crippen molar-refractivity contribution in [3.63, 3.8) is 0 Å². The minimum atomic E-state index is -0.669. The molecule has 0 heterocycles. The molecular formula is C56H109NO5. The summed E-state index contributed by atoms with van der Waals surface area (Å²) < 4.78 is 5.48. The first-order valence-corrected chi connectivity index (χ1v) is 27.9. The summed E-state index contributed by atoms with van der Waals surface area (Å²) in [6.45, 7) is 4.93. The normalized spacial score (nSPS) is 12.6. The van der Waals surface area contributed by atoms with Crippen LogP contribution in [0.4, 0.5) is 0 Å². The van der Waals surface area contributed by atoms with E-state index in [1.165, 1.54) is 225 Å². The number of carbonyl (C=O) groups is 2. The lowest BCUT2D eigenvalue weighted by molar-refractivity contribution is -0.143. The van der Waals surface area contributed by atoms with Crippen molar-refractivity contribution in [2.24, 2.45) is 0 Å². The van der Waals surface area contributed by atoms with E-state index in [9.17, 15) is 19.8 Å². The molecule has 0 rings (SSSR count). The lowest BCUT2D eigenvalue weighted by atomic mass is 10.0. The van der Waals surface area contributed by atoms with Gasteiger partial charge in [-0.25, -0.2) is 0 Å². The maximum absolute atomic E-state index is 12.4. The Bertz CT molecular complexity index is 924. The van der Waals surface area contributed by atoms with Gasteiger partial charge in [0, 0.05) is 12.8 Å². The highest BCUT2D eigenvalue weighted by Crippen LogP contribution is 2.17. The first kappa shape index (κ1) is 60.6. The number of ether oxygens (including phenoxy) is 1. The van der Waals surface area contributed by atoms with Crippen LogP contribution in [0, 0.1) is 0 Å². The zero-order valence-corrected chi connectivity index (χ0v) is 41.9. The van der Waals surface area contributed by atoms with E-state index in [2.05, 4.69) is 31.3 Å². The molecule has 0 fully saturated rings. The van der Waals surface area contributed by atoms with Gasteiger partial charge < -0.3 is 20.3 Å². The fourth-order valence-corrected chi connectivity index (χ4v) is 8.75. The summed E-state index contributed by atoms with van der Waals surface area (Å²) in [5, 5.41) is 23.1. The first-order chi connectivity index (χ1) is 30.5. The molecule has 0 aromatic carbocycles. The predicted octanol–water partition coefficient (Wildman–Crippen LogP) is 16.9. The van der Waals surface area contributed by atoms with E-state index in [1.54, 1.807) is 0 Å². The molecule has 0 aromatic rings. The number of hydrogen-bond acceptors (Lipinski definition) is 5. The van der Waals surface area contributed by atoms with Gasteiger partial charge in [0.2, 0.25) is 5.91 Å². The Morgan fingerprint density at radius 1 is 0.435 bits per heavy atom. The van der Waals surface area contributed by atoms with Crippen molar-refractivity contribution >= 4 is 11.9 Å². The van der Waals surface area contributed by atoms with Crippen molar-refractivity contribution in [3.05, 3.63) is 12.2 Å². The number of esters is 1. The highest BCUT2D eigenvalue weighted by atomic mass is 16.5. The molecule has 2 unspecified atom stereocenters. The Kier molecular flexibility index (Phi) is 51.0. The van der Waals surface area contributed by atoms with Gasteiger partial charge in [-0.3, -0.25) is 9.59 Å². The SMILES string of the molecule is CCCCCCCCCCCCCCCCCCCCCC(=O)OCCCCCCCC/C=C\CCCCCCCCCC(=O)NC(CO)C(O)CCCCCCCCCCC. The topological polar surface area (TPSA) is 95.9 Å². The zero-order chi connectivity index (χ0) is 45.1. The van der Waals surface area contributed by atoms with Gasteiger partial charge in [-0.05, 0) is 51.4 Å². The van der Waals surface area contributed by atoms with Gasteiger partial charge in [-0.15, -0.1) is 0 Å². The molecular weight excluding hydrogens is 767 g/mol. The number of unbranched alkanes of at least 4 members (excludes halogenated alkanes) is 39. The van der Waals surface area contributed by atoms with E-state index in [0.29, 0.717) is 25.9 Å². The van der Waals surface area contributed by atoms with Gasteiger partial charge in [0.1, 0.15) is 0 Å². The second kappa shape index (κ2) is 52.2. The lowest BCUT2D eigenvalue weighted by Gasteiger charge is -2.22. The molecule has 0 aromatic heterocycles. The summed E-state index contributed by atoms with van der Waals surface area (Å²) in [7, 11) is 0. The molecule has 0 spiro atoms. The minimum absolute atomic E-state index is 0.00300. The summed E-state index contributed by atoms with van der Waals surface area (Å²) >= 11 is 0. The summed E-state index contributed by atoms with van der Waals surface area (Å²) in [5.74, 6) is -0.0456. The van der Waals surface area contributed by atoms with E-state index in [1.807, 2.05) is 0 Å². The summed E-state index contributed by atoms with van der Waals surface area (Å²) in [4.78, 5) is 24.5. The number of amides is 1. The second-order valence-electron chi connectivity index (χ2n) is 19.3. The summed E-state index contributed by atoms with van der Waals surface area (Å²) in [6.07, 6.45) is 60.7. The summed E-state index contributed by atoms with van der Waals surface area (Å²) in [5.41, 5.74) is 0. The van der Waals surface area contributed by atoms with Crippen LogP contribution in [0.15, 0.2) is 12.2 Å². The van der Waals surface area contributed by atoms with Crippen LogP contribution in [0.25, 0.3) is 0 Å². The van der Waals surface area contributed by atoms with Crippen molar-refractivity contribution in [1.29, 1.82) is 0 Å². The highest BCUT2D eigenvalue weighted by Gasteiger charge is 2.20. The molecule has 2 atom stereocenters. The average Bonchev–Trinajstić information content (AvgIpc) is 3.27. The van der Waals surface area contributed by atoms with Crippen LogP contribution in [0.2, 0.25) is 0 Å². The van der Waals surface area contributed by atoms with Crippen molar-refractivity contribution in [3.8, 4) is 0 Å². The van der Waals surface area contributed by atoms with E-state index in [-0.39, 0.29) is 18.5 Å². The lowest BCUT2D eigenvalue weighted by Crippen LogP contribution is -2.45. The van der Waals surface area contributed by atoms with Crippen LogP contribution in [0.1, 0.15) is 309 Å². The van der Waals surface area contributed by atoms with Gasteiger partial charge in [0.05, 0.1) is 25.4 Å². The van der Waals surface area contributed by atoms with E-state index < -0.39 is 12.1 Å². The molecule has 0 aliphatic rings. The van der Waals surface area contributed by atoms with Crippen LogP contribution in [0.5, 0.6) is 0 Å². The number of aliphatic hydroxyl groups excluding tert-OH is 2. The van der Waals surface area contributed by atoms with Crippen LogP contribution >= 0.6 is 0 Å². The molecule has 62 heavy (non-hydrogen) atoms. The Morgan fingerprint density at radius 2 is 0.758 bits per heavy atom. The number of allylic oxidation sites excluding steroid dienone is 2. The number of rotatable bonds is 52. The van der Waals surface area contributed by atoms with Crippen molar-refractivity contribution < 1.29 is 24.5 Å². The van der Waals surface area contributed by atoms with Gasteiger partial charge >= 0.3 is 5.97 Å². The largest absolute Gasteiger partial charge is 0.466 e. The third-order valence-corrected chi connectivity index (χ3v) is 13.1. The second-order valence-corrected chi connectivity index (χ2v) is 19.3. The van der Waals surface area contributed by atoms with Crippen LogP contribution in [0.3, 0.4) is 0 Å². The van der Waals surface area contributed by atoms with Gasteiger partial charge in [0.15, 0.2) is 0 Å². The van der Waals surface area contributed by atoms with E-state index in [0.717, 1.165) is 51.4 Å². The molecule has 3 N–H and O–H groups in total. The third kappa shape index (κ3) is 48.1. The monoisotopic (exact) mass is 876 g/mol. The molecule has 0 bridgehead atoms. The molecule has 0 saturated heterocycles. The van der Waals surface area contributed by atoms with Gasteiger partial charge in [-0.1, -0.05) is 257 Å². The number of aliphatic hydroxyl groups is 2. The molecule has 0 aliphatic heterocycles. The molecule has 0 aliphatic carbocycles. The number of hydrogen-bond donors (Lipinski definition) is 3. The van der Waals surface area contributed by atoms with Crippen molar-refractivity contribution in [2.45, 2.75) is 321 Å². The molecule has 0 radical (unpaired) electrons. The Balaban J connectivity index is 3.39. The van der Waals surface area contributed by atoms with Crippen molar-refractivity contribution in [1.82, 2.24) is 5.32 Å². The van der Waals surface area contributed by atoms with E-state index in [4.69, 9.17) is 4.74 Å². The molecule has 6 nitrogen and oxygen atoms in total. The maximum atomic E-state index is 12.4. The molecule has 6 heteroatoms. The highest BCUT2D eigenvalue weighted by molar-refractivity contribution is 5.76. The van der Waals surface area contributed by atoms with Gasteiger partial charge in [-0.2, -0.15) is 0 Å². The molecule has 0 saturated carbocycles. The Hall–Kier alpha value is -1.40. The van der Waals surface area contributed by atoms with E-state index >= 15 is 0 Å². The Labute approximate surface area is 387 Å². The smallest absolute Gasteiger partial charge is 0.305 e. The van der Waals surface area contributed by atoms with Crippen LogP contribution < -0.4 is 5.32 Å². The first-order valence-electron chi connectivity index (χ1n) is 27.9. The maximum Gasteiger partial charge on any atom is 0.305 e. The molecule has 1 amide bonds. The average molecular weight is 876 g/mol. The standard InChI is InChI=1S/C56H109NO5/c1-3-5-7-9-11-13-14-15-16-17-18-21-24-27-30-34-38-42-46-50-56(61)62-51-47-43-39-35-31-28-25-22-19-20-23-26-29-33-37-41-45-49-55(60)57-53(52-58)54(59)48-44-40-36-32-12-10-8-6-4-2/h19,22,53-54,58-59H,3-18,20-21,23-52H2,1-2H3,(H,57,60)/b22-19-. The number of carbonyl (C=O) groups excluding carboxylic acids is 2. The number of nitrogens with one attached hydrogen (secondary N) is 1. The van der Waals surface area contributed by atoms with Crippen molar-refractivity contribution in [2.75, 3.05) is 13.2 Å². The van der Waals surface area contributed by atoms with Crippen LogP contribution in [-0.4, -0.2) is 47.4 Å². The molecule has 368 valence electrons. The fourth-order valence-electron chi connectivity index (χ4n) is 8.75. The summed E-state index contributed by atoms with van der Waals surface area (Å²) in [6, 6.07) is -0.547.